The van der Waals surface area contributed by atoms with E-state index in [1.165, 1.54) is 56.8 Å². The van der Waals surface area contributed by atoms with Gasteiger partial charge in [0.05, 0.1) is 26.2 Å². The Morgan fingerprint density at radius 1 is 0.636 bits per heavy atom. The molecule has 2 saturated heterocycles. The van der Waals surface area contributed by atoms with Crippen LogP contribution in [0.15, 0.2) is 0 Å². The molecular weight excluding hydrogens is 138 g/mol. The van der Waals surface area contributed by atoms with Crippen molar-refractivity contribution in [2.24, 2.45) is 0 Å². The van der Waals surface area contributed by atoms with E-state index in [0.29, 0.717) is 0 Å². The number of quaternary nitrogens is 1. The quantitative estimate of drug-likeness (QED) is 0.440. The van der Waals surface area contributed by atoms with Crippen molar-refractivity contribution in [3.63, 3.8) is 0 Å². The summed E-state index contributed by atoms with van der Waals surface area (Å²) in [6, 6.07) is 0. The third-order valence-electron chi connectivity index (χ3n) is 3.05. The average molecular weight is 156 g/mol. The van der Waals surface area contributed by atoms with Crippen LogP contribution in [-0.2, 0) is 0 Å². The van der Waals surface area contributed by atoms with Gasteiger partial charge in [0.1, 0.15) is 0 Å². The smallest absolute Gasteiger partial charge is 0.0914 e. The Morgan fingerprint density at radius 3 is 1.36 bits per heavy atom. The van der Waals surface area contributed by atoms with Crippen molar-refractivity contribution in [1.29, 1.82) is 0 Å². The van der Waals surface area contributed by atoms with Gasteiger partial charge in [-0.3, -0.25) is 0 Å². The molecule has 0 unspecified atom stereocenters. The minimum absolute atomic E-state index is 1.22. The first kappa shape index (κ1) is 7.53. The van der Waals surface area contributed by atoms with E-state index in [1.54, 1.807) is 0 Å². The van der Waals surface area contributed by atoms with Gasteiger partial charge in [-0.1, -0.05) is 0 Å². The lowest BCUT2D eigenvalue weighted by atomic mass is 10.2. The molecule has 2 fully saturated rings. The second kappa shape index (κ2) is 3.09. The third-order valence-corrected chi connectivity index (χ3v) is 3.05. The Morgan fingerprint density at radius 2 is 1.00 bits per heavy atom. The van der Waals surface area contributed by atoms with Gasteiger partial charge in [-0.2, -0.15) is 0 Å². The van der Waals surface area contributed by atoms with E-state index in [9.17, 15) is 0 Å². The number of hydrogen-bond donors (Lipinski definition) is 2. The van der Waals surface area contributed by atoms with E-state index in [2.05, 4.69) is 10.6 Å². The van der Waals surface area contributed by atoms with Crippen LogP contribution in [0.4, 0.5) is 0 Å². The minimum atomic E-state index is 1.22. The van der Waals surface area contributed by atoms with Gasteiger partial charge in [-0.15, -0.1) is 0 Å². The van der Waals surface area contributed by atoms with Gasteiger partial charge in [0, 0.05) is 26.2 Å². The van der Waals surface area contributed by atoms with Crippen LogP contribution in [0, 0.1) is 0 Å². The van der Waals surface area contributed by atoms with Crippen molar-refractivity contribution in [1.82, 2.24) is 10.6 Å². The predicted octanol–water partition coefficient (Wildman–Crippen LogP) is -0.990. The van der Waals surface area contributed by atoms with Crippen LogP contribution in [0.1, 0.15) is 0 Å². The second-order valence-corrected chi connectivity index (χ2v) is 3.74. The lowest BCUT2D eigenvalue weighted by molar-refractivity contribution is -0.931. The van der Waals surface area contributed by atoms with Gasteiger partial charge in [-0.25, -0.2) is 0 Å². The molecule has 0 aromatic heterocycles. The van der Waals surface area contributed by atoms with E-state index in [-0.39, 0.29) is 0 Å². The van der Waals surface area contributed by atoms with Gasteiger partial charge in [0.25, 0.3) is 0 Å². The van der Waals surface area contributed by atoms with Crippen molar-refractivity contribution < 1.29 is 4.48 Å². The highest BCUT2D eigenvalue weighted by Gasteiger charge is 2.30. The summed E-state index contributed by atoms with van der Waals surface area (Å²) in [7, 11) is 0. The summed E-state index contributed by atoms with van der Waals surface area (Å²) in [4.78, 5) is 0. The minimum Gasteiger partial charge on any atom is -0.319 e. The zero-order valence-electron chi connectivity index (χ0n) is 7.10. The molecule has 2 N–H and O–H groups in total. The fourth-order valence-corrected chi connectivity index (χ4v) is 2.19. The second-order valence-electron chi connectivity index (χ2n) is 3.74. The molecule has 0 bridgehead atoms. The van der Waals surface area contributed by atoms with Crippen LogP contribution < -0.4 is 10.6 Å². The highest BCUT2D eigenvalue weighted by atomic mass is 15.4. The van der Waals surface area contributed by atoms with Crippen LogP contribution in [0.5, 0.6) is 0 Å². The number of rotatable bonds is 0. The largest absolute Gasteiger partial charge is 0.319 e. The summed E-state index contributed by atoms with van der Waals surface area (Å²) < 4.78 is 1.38. The van der Waals surface area contributed by atoms with E-state index >= 15 is 0 Å². The lowest BCUT2D eigenvalue weighted by Gasteiger charge is -2.44. The standard InChI is InChI=1S/C8H18N3/c1-5-11(6-2-9-1)7-3-10-4-8-11/h9-10H,1-8H2/q+1. The monoisotopic (exact) mass is 156 g/mol. The summed E-state index contributed by atoms with van der Waals surface area (Å²) in [5.41, 5.74) is 0. The summed E-state index contributed by atoms with van der Waals surface area (Å²) in [6.07, 6.45) is 0. The molecule has 2 rings (SSSR count). The summed E-state index contributed by atoms with van der Waals surface area (Å²) >= 11 is 0. The SMILES string of the molecule is C1C[N+]2(CCN1)CCNCC2. The molecule has 0 aromatic rings. The van der Waals surface area contributed by atoms with E-state index in [0.717, 1.165) is 0 Å². The molecule has 1 spiro atoms. The Balaban J connectivity index is 1.94. The molecule has 11 heavy (non-hydrogen) atoms. The average Bonchev–Trinajstić information content (AvgIpc) is 2.07. The van der Waals surface area contributed by atoms with Gasteiger partial charge >= 0.3 is 0 Å². The van der Waals surface area contributed by atoms with Crippen LogP contribution in [-0.4, -0.2) is 56.8 Å². The summed E-state index contributed by atoms with van der Waals surface area (Å²) in [6.45, 7) is 10.3. The van der Waals surface area contributed by atoms with E-state index in [1.807, 2.05) is 0 Å². The highest BCUT2D eigenvalue weighted by Crippen LogP contribution is 2.09. The lowest BCUT2D eigenvalue weighted by Crippen LogP contribution is -2.65. The summed E-state index contributed by atoms with van der Waals surface area (Å²) in [5.74, 6) is 0. The van der Waals surface area contributed by atoms with Crippen LogP contribution in [0.3, 0.4) is 0 Å². The fraction of sp³-hybridized carbons (Fsp3) is 1.00. The van der Waals surface area contributed by atoms with Gasteiger partial charge in [0.15, 0.2) is 0 Å². The number of piperazine rings is 2. The molecule has 0 radical (unpaired) electrons. The number of nitrogens with one attached hydrogen (secondary N) is 2. The zero-order chi connectivity index (χ0) is 7.57. The van der Waals surface area contributed by atoms with Crippen molar-refractivity contribution in [3.8, 4) is 0 Å². The molecule has 2 heterocycles. The van der Waals surface area contributed by atoms with Crippen LogP contribution in [0.2, 0.25) is 0 Å². The van der Waals surface area contributed by atoms with Crippen LogP contribution >= 0.6 is 0 Å². The molecule has 3 heteroatoms. The first-order valence-electron chi connectivity index (χ1n) is 4.68. The third kappa shape index (κ3) is 1.55. The van der Waals surface area contributed by atoms with Crippen molar-refractivity contribution in [3.05, 3.63) is 0 Å². The van der Waals surface area contributed by atoms with Crippen LogP contribution in [0.25, 0.3) is 0 Å². The van der Waals surface area contributed by atoms with Gasteiger partial charge in [-0.05, 0) is 0 Å². The van der Waals surface area contributed by atoms with Crippen molar-refractivity contribution >= 4 is 0 Å². The maximum absolute atomic E-state index is 3.42. The maximum Gasteiger partial charge on any atom is 0.0914 e. The molecule has 2 aliphatic rings. The predicted molar refractivity (Wildman–Crippen MR) is 45.5 cm³/mol. The Labute approximate surface area is 68.4 Å². The first-order chi connectivity index (χ1) is 5.41. The molecule has 0 amide bonds. The van der Waals surface area contributed by atoms with E-state index in [4.69, 9.17) is 0 Å². The Kier molecular flexibility index (Phi) is 2.11. The topological polar surface area (TPSA) is 24.1 Å². The molecule has 2 aliphatic heterocycles. The Hall–Kier alpha value is -0.120. The Bertz CT molecular complexity index is 104. The highest BCUT2D eigenvalue weighted by molar-refractivity contribution is 4.63. The van der Waals surface area contributed by atoms with Crippen molar-refractivity contribution in [2.75, 3.05) is 52.4 Å². The first-order valence-corrected chi connectivity index (χ1v) is 4.68. The van der Waals surface area contributed by atoms with Gasteiger partial charge in [0.2, 0.25) is 0 Å². The maximum atomic E-state index is 3.42. The molecule has 64 valence electrons. The van der Waals surface area contributed by atoms with E-state index < -0.39 is 0 Å². The number of hydrogen-bond acceptors (Lipinski definition) is 2. The normalized spacial score (nSPS) is 30.5. The summed E-state index contributed by atoms with van der Waals surface area (Å²) in [5, 5.41) is 6.84. The molecule has 3 nitrogen and oxygen atoms in total. The van der Waals surface area contributed by atoms with Crippen molar-refractivity contribution in [2.45, 2.75) is 0 Å². The molecule has 0 atom stereocenters. The zero-order valence-corrected chi connectivity index (χ0v) is 7.10. The molecule has 0 aromatic carbocycles. The molecular formula is C8H18N3+. The molecule has 0 aliphatic carbocycles. The van der Waals surface area contributed by atoms with Gasteiger partial charge < -0.3 is 15.1 Å². The fourth-order valence-electron chi connectivity index (χ4n) is 2.19. The number of nitrogens with zero attached hydrogens (tertiary/aromatic N) is 1. The molecule has 0 saturated carbocycles.